The van der Waals surface area contributed by atoms with E-state index in [1.165, 1.54) is 11.3 Å². The third-order valence-electron chi connectivity index (χ3n) is 3.38. The van der Waals surface area contributed by atoms with E-state index in [1.807, 2.05) is 18.2 Å². The summed E-state index contributed by atoms with van der Waals surface area (Å²) in [5.41, 5.74) is 0.670. The first-order valence-electron chi connectivity index (χ1n) is 6.77. The second-order valence-electron chi connectivity index (χ2n) is 5.00. The van der Waals surface area contributed by atoms with Crippen LogP contribution in [0.15, 0.2) is 41.2 Å². The Bertz CT molecular complexity index is 894. The van der Waals surface area contributed by atoms with Crippen molar-refractivity contribution in [3.63, 3.8) is 0 Å². The van der Waals surface area contributed by atoms with Crippen molar-refractivity contribution in [3.8, 4) is 0 Å². The number of halogens is 1. The zero-order valence-corrected chi connectivity index (χ0v) is 13.1. The van der Waals surface area contributed by atoms with Gasteiger partial charge >= 0.3 is 0 Å². The normalized spacial score (nSPS) is 12.7. The van der Waals surface area contributed by atoms with E-state index < -0.39 is 6.10 Å². The molecule has 114 valence electrons. The summed E-state index contributed by atoms with van der Waals surface area (Å²) in [7, 11) is 0. The van der Waals surface area contributed by atoms with Crippen LogP contribution in [0.25, 0.3) is 20.2 Å². The van der Waals surface area contributed by atoms with E-state index in [0.29, 0.717) is 15.8 Å². The molecule has 4 nitrogen and oxygen atoms in total. The first kappa shape index (κ1) is 15.2. The lowest BCUT2D eigenvalue weighted by Crippen LogP contribution is -2.22. The Balaban J connectivity index is 2.09. The number of anilines is 1. The fraction of sp³-hybridized carbons (Fsp3) is 0.188. The number of aliphatic hydroxyl groups is 2. The number of nitrogens with one attached hydrogen (secondary N) is 1. The Morgan fingerprint density at radius 2 is 1.82 bits per heavy atom. The van der Waals surface area contributed by atoms with E-state index in [9.17, 15) is 9.90 Å². The highest BCUT2D eigenvalue weighted by Gasteiger charge is 2.08. The molecule has 0 radical (unpaired) electrons. The minimum atomic E-state index is -0.833. The van der Waals surface area contributed by atoms with Crippen molar-refractivity contribution < 1.29 is 10.2 Å². The van der Waals surface area contributed by atoms with E-state index in [-0.39, 0.29) is 18.6 Å². The van der Waals surface area contributed by atoms with Gasteiger partial charge in [-0.25, -0.2) is 0 Å². The summed E-state index contributed by atoms with van der Waals surface area (Å²) in [6.45, 7) is -0.0857. The number of rotatable bonds is 4. The summed E-state index contributed by atoms with van der Waals surface area (Å²) in [6.07, 6.45) is -0.833. The molecule has 3 N–H and O–H groups in total. The molecule has 0 saturated heterocycles. The molecule has 0 aliphatic carbocycles. The van der Waals surface area contributed by atoms with Crippen LogP contribution in [0.5, 0.6) is 0 Å². The Morgan fingerprint density at radius 3 is 2.55 bits per heavy atom. The quantitative estimate of drug-likeness (QED) is 0.641. The van der Waals surface area contributed by atoms with E-state index >= 15 is 0 Å². The van der Waals surface area contributed by atoms with Crippen LogP contribution in [0.3, 0.4) is 0 Å². The number of hydrogen-bond acceptors (Lipinski definition) is 5. The smallest absolute Gasteiger partial charge is 0.195 e. The first-order chi connectivity index (χ1) is 10.6. The number of fused-ring (bicyclic) bond motifs is 2. The molecule has 0 saturated carbocycles. The molecule has 1 unspecified atom stereocenters. The molecule has 0 aliphatic heterocycles. The van der Waals surface area contributed by atoms with Crippen LogP contribution in [0.4, 0.5) is 5.69 Å². The second kappa shape index (κ2) is 6.22. The zero-order valence-electron chi connectivity index (χ0n) is 11.5. The van der Waals surface area contributed by atoms with Crippen LogP contribution >= 0.6 is 22.9 Å². The molecular formula is C16H14ClNO3S. The monoisotopic (exact) mass is 335 g/mol. The van der Waals surface area contributed by atoms with Gasteiger partial charge in [0.15, 0.2) is 5.43 Å². The SMILES string of the molecule is O=c1c2cc(Cl)ccc2sc2ccc(NCC(O)CO)cc12. The van der Waals surface area contributed by atoms with Gasteiger partial charge in [0.1, 0.15) is 0 Å². The maximum atomic E-state index is 12.6. The Kier molecular flexibility index (Phi) is 4.31. The van der Waals surface area contributed by atoms with Crippen molar-refractivity contribution in [3.05, 3.63) is 51.6 Å². The molecule has 1 aromatic heterocycles. The molecule has 1 atom stereocenters. The van der Waals surface area contributed by atoms with Gasteiger partial charge in [0.25, 0.3) is 0 Å². The summed E-state index contributed by atoms with van der Waals surface area (Å²) in [5.74, 6) is 0. The Labute approximate surface area is 135 Å². The molecule has 1 heterocycles. The van der Waals surface area contributed by atoms with Crippen LogP contribution in [0, 0.1) is 0 Å². The molecule has 0 amide bonds. The largest absolute Gasteiger partial charge is 0.394 e. The summed E-state index contributed by atoms with van der Waals surface area (Å²) >= 11 is 7.51. The van der Waals surface area contributed by atoms with Crippen LogP contribution in [0.1, 0.15) is 0 Å². The van der Waals surface area contributed by atoms with Gasteiger partial charge in [0, 0.05) is 37.4 Å². The molecule has 3 rings (SSSR count). The Morgan fingerprint density at radius 1 is 1.14 bits per heavy atom. The number of aliphatic hydroxyl groups excluding tert-OH is 2. The van der Waals surface area contributed by atoms with Crippen molar-refractivity contribution in [2.45, 2.75) is 6.10 Å². The van der Waals surface area contributed by atoms with Crippen LogP contribution in [-0.2, 0) is 0 Å². The molecule has 0 fully saturated rings. The average Bonchev–Trinajstić information content (AvgIpc) is 2.53. The van der Waals surface area contributed by atoms with E-state index in [4.69, 9.17) is 16.7 Å². The maximum absolute atomic E-state index is 12.6. The standard InChI is InChI=1S/C16H14ClNO3S/c17-9-1-3-14-12(5-9)16(21)13-6-10(2-4-15(13)22-14)18-7-11(20)8-19/h1-6,11,18-20H,7-8H2. The highest BCUT2D eigenvalue weighted by molar-refractivity contribution is 7.24. The predicted octanol–water partition coefficient (Wildman–Crippen LogP) is 2.83. The lowest BCUT2D eigenvalue weighted by atomic mass is 10.1. The van der Waals surface area contributed by atoms with Gasteiger partial charge in [-0.3, -0.25) is 4.79 Å². The van der Waals surface area contributed by atoms with Gasteiger partial charge in [0.2, 0.25) is 0 Å². The Hall–Kier alpha value is -1.66. The van der Waals surface area contributed by atoms with Crippen molar-refractivity contribution in [2.24, 2.45) is 0 Å². The maximum Gasteiger partial charge on any atom is 0.195 e. The third kappa shape index (κ3) is 2.94. The summed E-state index contributed by atoms with van der Waals surface area (Å²) in [6, 6.07) is 10.8. The summed E-state index contributed by atoms with van der Waals surface area (Å²) < 4.78 is 1.80. The van der Waals surface area contributed by atoms with Crippen molar-refractivity contribution in [2.75, 3.05) is 18.5 Å². The van der Waals surface area contributed by atoms with E-state index in [1.54, 1.807) is 18.2 Å². The van der Waals surface area contributed by atoms with Crippen molar-refractivity contribution >= 4 is 48.8 Å². The second-order valence-corrected chi connectivity index (χ2v) is 6.52. The zero-order chi connectivity index (χ0) is 15.7. The van der Waals surface area contributed by atoms with Gasteiger partial charge in [-0.15, -0.1) is 11.3 Å². The predicted molar refractivity (Wildman–Crippen MR) is 92.2 cm³/mol. The first-order valence-corrected chi connectivity index (χ1v) is 7.97. The highest BCUT2D eigenvalue weighted by Crippen LogP contribution is 2.28. The number of benzene rings is 2. The van der Waals surface area contributed by atoms with Crippen molar-refractivity contribution in [1.29, 1.82) is 0 Å². The molecule has 6 heteroatoms. The molecule has 0 spiro atoms. The van der Waals surface area contributed by atoms with Crippen LogP contribution in [0.2, 0.25) is 5.02 Å². The molecule has 2 aromatic carbocycles. The van der Waals surface area contributed by atoms with Crippen LogP contribution < -0.4 is 10.7 Å². The van der Waals surface area contributed by atoms with Gasteiger partial charge < -0.3 is 15.5 Å². The molecular weight excluding hydrogens is 322 g/mol. The van der Waals surface area contributed by atoms with Crippen molar-refractivity contribution in [1.82, 2.24) is 0 Å². The van der Waals surface area contributed by atoms with Gasteiger partial charge in [0.05, 0.1) is 12.7 Å². The number of hydrogen-bond donors (Lipinski definition) is 3. The topological polar surface area (TPSA) is 69.6 Å². The lowest BCUT2D eigenvalue weighted by molar-refractivity contribution is 0.105. The summed E-state index contributed by atoms with van der Waals surface area (Å²) in [4.78, 5) is 12.6. The van der Waals surface area contributed by atoms with E-state index in [2.05, 4.69) is 5.32 Å². The lowest BCUT2D eigenvalue weighted by Gasteiger charge is -2.11. The molecule has 0 aliphatic rings. The van der Waals surface area contributed by atoms with Crippen LogP contribution in [-0.4, -0.2) is 29.5 Å². The third-order valence-corrected chi connectivity index (χ3v) is 4.77. The summed E-state index contributed by atoms with van der Waals surface area (Å²) in [5, 5.41) is 23.0. The van der Waals surface area contributed by atoms with Gasteiger partial charge in [-0.05, 0) is 36.4 Å². The fourth-order valence-electron chi connectivity index (χ4n) is 2.24. The average molecular weight is 336 g/mol. The molecule has 3 aromatic rings. The fourth-order valence-corrected chi connectivity index (χ4v) is 3.44. The minimum absolute atomic E-state index is 0.0578. The molecule has 22 heavy (non-hydrogen) atoms. The highest BCUT2D eigenvalue weighted by atomic mass is 35.5. The van der Waals surface area contributed by atoms with Gasteiger partial charge in [-0.1, -0.05) is 11.6 Å². The van der Waals surface area contributed by atoms with Gasteiger partial charge in [-0.2, -0.15) is 0 Å². The minimum Gasteiger partial charge on any atom is -0.394 e. The molecule has 0 bridgehead atoms. The van der Waals surface area contributed by atoms with E-state index in [0.717, 1.165) is 15.1 Å².